The number of amides is 1. The third kappa shape index (κ3) is 1.36. The van der Waals surface area contributed by atoms with Gasteiger partial charge in [0.25, 0.3) is 0 Å². The standard InChI is InChI=1S/C6H5NO5/c8-5(9)4-3-12-2-1-7(4)6(10)11/h1-3H,(H,8,9)(H,10,11). The molecule has 64 valence electrons. The molecular formula is C6H5NO5. The topological polar surface area (TPSA) is 87.1 Å². The Hall–Kier alpha value is -1.98. The van der Waals surface area contributed by atoms with Crippen molar-refractivity contribution in [2.45, 2.75) is 0 Å². The van der Waals surface area contributed by atoms with Crippen LogP contribution in [0.15, 0.2) is 24.4 Å². The van der Waals surface area contributed by atoms with E-state index in [1.807, 2.05) is 0 Å². The van der Waals surface area contributed by atoms with Crippen molar-refractivity contribution in [2.75, 3.05) is 0 Å². The van der Waals surface area contributed by atoms with Crippen molar-refractivity contribution in [3.8, 4) is 0 Å². The minimum atomic E-state index is -1.37. The number of ether oxygens (including phenoxy) is 1. The van der Waals surface area contributed by atoms with Crippen LogP contribution in [0.3, 0.4) is 0 Å². The van der Waals surface area contributed by atoms with Crippen molar-refractivity contribution in [2.24, 2.45) is 0 Å². The lowest BCUT2D eigenvalue weighted by atomic mass is 10.4. The number of rotatable bonds is 1. The fraction of sp³-hybridized carbons (Fsp3) is 0. The van der Waals surface area contributed by atoms with Gasteiger partial charge in [-0.25, -0.2) is 14.5 Å². The first-order valence-corrected chi connectivity index (χ1v) is 2.90. The molecule has 0 saturated carbocycles. The molecule has 6 heteroatoms. The fourth-order valence-electron chi connectivity index (χ4n) is 0.657. The summed E-state index contributed by atoms with van der Waals surface area (Å²) in [4.78, 5) is 21.3. The second-order valence-electron chi connectivity index (χ2n) is 1.88. The first-order chi connectivity index (χ1) is 5.63. The molecule has 1 aliphatic rings. The van der Waals surface area contributed by atoms with Gasteiger partial charge in [-0.15, -0.1) is 0 Å². The molecule has 2 N–H and O–H groups in total. The summed E-state index contributed by atoms with van der Waals surface area (Å²) in [6.45, 7) is 0. The highest BCUT2D eigenvalue weighted by atomic mass is 16.5. The predicted octanol–water partition coefficient (Wildman–Crippen LogP) is 0.394. The maximum absolute atomic E-state index is 10.4. The molecule has 6 nitrogen and oxygen atoms in total. The van der Waals surface area contributed by atoms with Gasteiger partial charge in [-0.2, -0.15) is 0 Å². The normalized spacial score (nSPS) is 15.0. The van der Waals surface area contributed by atoms with E-state index in [0.717, 1.165) is 18.7 Å². The van der Waals surface area contributed by atoms with E-state index < -0.39 is 17.8 Å². The van der Waals surface area contributed by atoms with Gasteiger partial charge in [-0.3, -0.25) is 0 Å². The number of carboxylic acid groups (broad SMARTS) is 2. The van der Waals surface area contributed by atoms with Crippen molar-refractivity contribution in [3.63, 3.8) is 0 Å². The van der Waals surface area contributed by atoms with Gasteiger partial charge in [0.2, 0.25) is 0 Å². The van der Waals surface area contributed by atoms with Gasteiger partial charge < -0.3 is 14.9 Å². The maximum Gasteiger partial charge on any atom is 0.416 e. The molecule has 1 rings (SSSR count). The fourth-order valence-corrected chi connectivity index (χ4v) is 0.657. The molecule has 0 bridgehead atoms. The molecule has 0 unspecified atom stereocenters. The van der Waals surface area contributed by atoms with E-state index in [-0.39, 0.29) is 0 Å². The lowest BCUT2D eigenvalue weighted by molar-refractivity contribution is -0.134. The van der Waals surface area contributed by atoms with Crippen LogP contribution < -0.4 is 0 Å². The molecule has 0 atom stereocenters. The number of aliphatic carboxylic acids is 1. The van der Waals surface area contributed by atoms with E-state index in [2.05, 4.69) is 4.74 Å². The van der Waals surface area contributed by atoms with Gasteiger partial charge in [0.15, 0.2) is 5.70 Å². The summed E-state index contributed by atoms with van der Waals surface area (Å²) in [6, 6.07) is 0. The molecule has 1 amide bonds. The lowest BCUT2D eigenvalue weighted by Crippen LogP contribution is -2.29. The Labute approximate surface area is 67.0 Å². The average molecular weight is 171 g/mol. The van der Waals surface area contributed by atoms with Crippen LogP contribution >= 0.6 is 0 Å². The van der Waals surface area contributed by atoms with Crippen molar-refractivity contribution in [1.82, 2.24) is 4.90 Å². The maximum atomic E-state index is 10.4. The van der Waals surface area contributed by atoms with Gasteiger partial charge in [0.1, 0.15) is 12.5 Å². The molecule has 0 aromatic heterocycles. The van der Waals surface area contributed by atoms with E-state index >= 15 is 0 Å². The van der Waals surface area contributed by atoms with Gasteiger partial charge in [-0.1, -0.05) is 0 Å². The van der Waals surface area contributed by atoms with E-state index in [4.69, 9.17) is 10.2 Å². The third-order valence-corrected chi connectivity index (χ3v) is 1.15. The van der Waals surface area contributed by atoms with Crippen molar-refractivity contribution in [3.05, 3.63) is 24.4 Å². The van der Waals surface area contributed by atoms with Crippen molar-refractivity contribution >= 4 is 12.1 Å². The average Bonchev–Trinajstić information content (AvgIpc) is 2.04. The summed E-state index contributed by atoms with van der Waals surface area (Å²) in [6.07, 6.45) is 1.55. The van der Waals surface area contributed by atoms with Crippen LogP contribution in [0.25, 0.3) is 0 Å². The summed E-state index contributed by atoms with van der Waals surface area (Å²) in [5.41, 5.74) is -0.440. The van der Waals surface area contributed by atoms with E-state index in [1.165, 1.54) is 0 Å². The molecule has 12 heavy (non-hydrogen) atoms. The smallest absolute Gasteiger partial charge is 0.416 e. The summed E-state index contributed by atoms with van der Waals surface area (Å²) in [7, 11) is 0. The van der Waals surface area contributed by atoms with Crippen molar-refractivity contribution in [1.29, 1.82) is 0 Å². The molecule has 0 aromatic carbocycles. The van der Waals surface area contributed by atoms with Gasteiger partial charge in [0, 0.05) is 0 Å². The second-order valence-corrected chi connectivity index (χ2v) is 1.88. The molecule has 1 heterocycles. The highest BCUT2D eigenvalue weighted by molar-refractivity contribution is 5.90. The molecule has 0 fully saturated rings. The number of hydrogen-bond acceptors (Lipinski definition) is 3. The summed E-state index contributed by atoms with van der Waals surface area (Å²) >= 11 is 0. The van der Waals surface area contributed by atoms with Crippen LogP contribution in [0.1, 0.15) is 0 Å². The molecular weight excluding hydrogens is 166 g/mol. The van der Waals surface area contributed by atoms with Crippen LogP contribution in [0.4, 0.5) is 4.79 Å². The molecule has 0 radical (unpaired) electrons. The zero-order chi connectivity index (χ0) is 9.14. The predicted molar refractivity (Wildman–Crippen MR) is 35.8 cm³/mol. The van der Waals surface area contributed by atoms with Gasteiger partial charge in [0.05, 0.1) is 6.20 Å². The Morgan fingerprint density at radius 1 is 1.42 bits per heavy atom. The second kappa shape index (κ2) is 2.95. The zero-order valence-corrected chi connectivity index (χ0v) is 5.80. The Morgan fingerprint density at radius 2 is 2.08 bits per heavy atom. The molecule has 0 aromatic rings. The van der Waals surface area contributed by atoms with E-state index in [0.29, 0.717) is 4.90 Å². The third-order valence-electron chi connectivity index (χ3n) is 1.15. The molecule has 0 spiro atoms. The first-order valence-electron chi connectivity index (χ1n) is 2.90. The van der Waals surface area contributed by atoms with Gasteiger partial charge in [-0.05, 0) is 0 Å². The number of hydrogen-bond donors (Lipinski definition) is 2. The monoisotopic (exact) mass is 171 g/mol. The highest BCUT2D eigenvalue weighted by Crippen LogP contribution is 2.10. The van der Waals surface area contributed by atoms with Gasteiger partial charge >= 0.3 is 12.1 Å². The minimum Gasteiger partial charge on any atom is -0.476 e. The zero-order valence-electron chi connectivity index (χ0n) is 5.80. The number of carbonyl (C=O) groups is 2. The van der Waals surface area contributed by atoms with Crippen LogP contribution in [0.2, 0.25) is 0 Å². The van der Waals surface area contributed by atoms with Crippen LogP contribution in [-0.2, 0) is 9.53 Å². The number of nitrogens with zero attached hydrogens (tertiary/aromatic N) is 1. The Morgan fingerprint density at radius 3 is 2.50 bits per heavy atom. The highest BCUT2D eigenvalue weighted by Gasteiger charge is 2.23. The largest absolute Gasteiger partial charge is 0.476 e. The minimum absolute atomic E-state index is 0.440. The Balaban J connectivity index is 2.90. The summed E-state index contributed by atoms with van der Waals surface area (Å²) in [5.74, 6) is -1.36. The summed E-state index contributed by atoms with van der Waals surface area (Å²) < 4.78 is 4.50. The Kier molecular flexibility index (Phi) is 2.00. The lowest BCUT2D eigenvalue weighted by Gasteiger charge is -2.16. The molecule has 0 aliphatic carbocycles. The van der Waals surface area contributed by atoms with E-state index in [9.17, 15) is 9.59 Å². The van der Waals surface area contributed by atoms with E-state index in [1.54, 1.807) is 0 Å². The van der Waals surface area contributed by atoms with Crippen LogP contribution in [0.5, 0.6) is 0 Å². The Bertz CT molecular complexity index is 280. The number of carboxylic acids is 1. The van der Waals surface area contributed by atoms with Crippen LogP contribution in [0, 0.1) is 0 Å². The molecule has 0 saturated heterocycles. The summed E-state index contributed by atoms with van der Waals surface area (Å²) in [5, 5.41) is 16.9. The van der Waals surface area contributed by atoms with Crippen molar-refractivity contribution < 1.29 is 24.5 Å². The molecule has 1 aliphatic heterocycles. The SMILES string of the molecule is O=C(O)C1=COC=CN1C(=O)O. The van der Waals surface area contributed by atoms with Crippen LogP contribution in [-0.4, -0.2) is 27.2 Å². The first kappa shape index (κ1) is 8.12. The quantitative estimate of drug-likeness (QED) is 0.596.